The molecule has 0 aliphatic carbocycles. The molecule has 1 aromatic heterocycles. The van der Waals surface area contributed by atoms with Gasteiger partial charge in [-0.1, -0.05) is 29.8 Å². The van der Waals surface area contributed by atoms with Gasteiger partial charge in [-0.3, -0.25) is 14.4 Å². The van der Waals surface area contributed by atoms with Crippen molar-refractivity contribution in [1.82, 2.24) is 15.1 Å². The first-order valence-electron chi connectivity index (χ1n) is 7.20. The molecule has 0 bridgehead atoms. The normalized spacial score (nSPS) is 10.5. The number of hydrogen-bond acceptors (Lipinski definition) is 4. The summed E-state index contributed by atoms with van der Waals surface area (Å²) < 4.78 is 0.910. The highest BCUT2D eigenvalue weighted by Crippen LogP contribution is 2.34. The zero-order chi connectivity index (χ0) is 17.9. The maximum atomic E-state index is 12.3. The Morgan fingerprint density at radius 3 is 2.42 bits per heavy atom. The van der Waals surface area contributed by atoms with Gasteiger partial charge in [0.25, 0.3) is 5.91 Å². The van der Waals surface area contributed by atoms with Gasteiger partial charge in [0.1, 0.15) is 4.88 Å². The number of fused-ring (bicyclic) bond motifs is 1. The van der Waals surface area contributed by atoms with E-state index in [0.29, 0.717) is 9.90 Å². The summed E-state index contributed by atoms with van der Waals surface area (Å²) in [5.41, 5.74) is 0. The maximum absolute atomic E-state index is 12.3. The predicted octanol–water partition coefficient (Wildman–Crippen LogP) is 1.83. The second-order valence-electron chi connectivity index (χ2n) is 5.46. The summed E-state index contributed by atoms with van der Waals surface area (Å²) in [6, 6.07) is 7.45. The highest BCUT2D eigenvalue weighted by Gasteiger charge is 2.19. The lowest BCUT2D eigenvalue weighted by Gasteiger charge is -2.19. The number of thiophene rings is 1. The molecule has 0 fully saturated rings. The monoisotopic (exact) mass is 367 g/mol. The van der Waals surface area contributed by atoms with Gasteiger partial charge in [-0.2, -0.15) is 0 Å². The van der Waals surface area contributed by atoms with Crippen molar-refractivity contribution in [2.75, 3.05) is 34.2 Å². The molecule has 3 amide bonds. The van der Waals surface area contributed by atoms with Crippen LogP contribution in [-0.2, 0) is 9.59 Å². The fraction of sp³-hybridized carbons (Fsp3) is 0.312. The molecule has 0 radical (unpaired) electrons. The summed E-state index contributed by atoms with van der Waals surface area (Å²) >= 11 is 7.51. The number of carbonyl (C=O) groups excluding carboxylic acids is 3. The van der Waals surface area contributed by atoms with Crippen LogP contribution in [0, 0.1) is 0 Å². The fourth-order valence-corrected chi connectivity index (χ4v) is 3.40. The molecule has 2 rings (SSSR count). The summed E-state index contributed by atoms with van der Waals surface area (Å²) in [7, 11) is 4.75. The van der Waals surface area contributed by atoms with E-state index in [1.54, 1.807) is 14.1 Å². The maximum Gasteiger partial charge on any atom is 0.263 e. The van der Waals surface area contributed by atoms with Gasteiger partial charge in [-0.25, -0.2) is 0 Å². The fourth-order valence-electron chi connectivity index (χ4n) is 1.96. The standard InChI is InChI=1S/C16H18ClN3O3S/c1-19(2)13(22)9-20(3)12(21)8-18-16(23)15-14(17)10-6-4-5-7-11(10)24-15/h4-7H,8-9H2,1-3H3,(H,18,23). The third-order valence-electron chi connectivity index (χ3n) is 3.44. The number of amides is 3. The number of nitrogens with zero attached hydrogens (tertiary/aromatic N) is 2. The van der Waals surface area contributed by atoms with E-state index in [2.05, 4.69) is 5.32 Å². The Morgan fingerprint density at radius 2 is 1.79 bits per heavy atom. The molecule has 8 heteroatoms. The van der Waals surface area contributed by atoms with Gasteiger partial charge in [-0.05, 0) is 6.07 Å². The Bertz CT molecular complexity index is 788. The number of likely N-dealkylation sites (N-methyl/N-ethyl adjacent to an activating group) is 2. The van der Waals surface area contributed by atoms with E-state index >= 15 is 0 Å². The first kappa shape index (κ1) is 18.2. The van der Waals surface area contributed by atoms with Crippen LogP contribution in [0.15, 0.2) is 24.3 Å². The molecule has 0 saturated carbocycles. The minimum absolute atomic E-state index is 0.0364. The molecule has 0 atom stereocenters. The highest BCUT2D eigenvalue weighted by molar-refractivity contribution is 7.21. The van der Waals surface area contributed by atoms with Crippen molar-refractivity contribution in [1.29, 1.82) is 0 Å². The number of rotatable bonds is 5. The van der Waals surface area contributed by atoms with Crippen LogP contribution in [0.5, 0.6) is 0 Å². The number of halogens is 1. The van der Waals surface area contributed by atoms with Crippen LogP contribution in [0.3, 0.4) is 0 Å². The average molecular weight is 368 g/mol. The summed E-state index contributed by atoms with van der Waals surface area (Å²) in [4.78, 5) is 38.9. The quantitative estimate of drug-likeness (QED) is 0.876. The Balaban J connectivity index is 1.98. The molecule has 0 spiro atoms. The highest BCUT2D eigenvalue weighted by atomic mass is 35.5. The molecule has 0 aliphatic heterocycles. The summed E-state index contributed by atoms with van der Waals surface area (Å²) in [6.45, 7) is -0.230. The molecule has 1 N–H and O–H groups in total. The van der Waals surface area contributed by atoms with E-state index < -0.39 is 5.91 Å². The van der Waals surface area contributed by atoms with E-state index in [1.165, 1.54) is 28.2 Å². The van der Waals surface area contributed by atoms with E-state index in [-0.39, 0.29) is 24.9 Å². The molecular formula is C16H18ClN3O3S. The summed E-state index contributed by atoms with van der Waals surface area (Å²) in [5.74, 6) is -0.942. The van der Waals surface area contributed by atoms with Crippen molar-refractivity contribution in [3.8, 4) is 0 Å². The van der Waals surface area contributed by atoms with E-state index in [9.17, 15) is 14.4 Å². The predicted molar refractivity (Wildman–Crippen MR) is 95.5 cm³/mol. The molecule has 128 valence electrons. The van der Waals surface area contributed by atoms with Crippen molar-refractivity contribution in [2.24, 2.45) is 0 Å². The topological polar surface area (TPSA) is 69.7 Å². The number of carbonyl (C=O) groups is 3. The molecule has 24 heavy (non-hydrogen) atoms. The number of benzene rings is 1. The van der Waals surface area contributed by atoms with Gasteiger partial charge >= 0.3 is 0 Å². The molecule has 0 aliphatic rings. The smallest absolute Gasteiger partial charge is 0.263 e. The van der Waals surface area contributed by atoms with E-state index in [0.717, 1.165) is 10.1 Å². The molecule has 0 saturated heterocycles. The first-order valence-corrected chi connectivity index (χ1v) is 8.40. The molecule has 0 unspecified atom stereocenters. The van der Waals surface area contributed by atoms with Gasteiger partial charge in [0.05, 0.1) is 18.1 Å². The van der Waals surface area contributed by atoms with Crippen LogP contribution < -0.4 is 5.32 Å². The lowest BCUT2D eigenvalue weighted by molar-refractivity contribution is -0.137. The lowest BCUT2D eigenvalue weighted by Crippen LogP contribution is -2.42. The first-order chi connectivity index (χ1) is 11.3. The van der Waals surface area contributed by atoms with Crippen molar-refractivity contribution < 1.29 is 14.4 Å². The van der Waals surface area contributed by atoms with Gasteiger partial charge < -0.3 is 15.1 Å². The summed E-state index contributed by atoms with van der Waals surface area (Å²) in [6.07, 6.45) is 0. The van der Waals surface area contributed by atoms with Gasteiger partial charge in [0, 0.05) is 31.2 Å². The minimum atomic E-state index is -0.401. The van der Waals surface area contributed by atoms with E-state index in [4.69, 9.17) is 11.6 Å². The molecule has 1 heterocycles. The van der Waals surface area contributed by atoms with Gasteiger partial charge in [-0.15, -0.1) is 11.3 Å². The molecular weight excluding hydrogens is 350 g/mol. The van der Waals surface area contributed by atoms with Crippen molar-refractivity contribution in [2.45, 2.75) is 0 Å². The number of nitrogens with one attached hydrogen (secondary N) is 1. The number of hydrogen-bond donors (Lipinski definition) is 1. The zero-order valence-electron chi connectivity index (χ0n) is 13.6. The Kier molecular flexibility index (Phi) is 5.80. The minimum Gasteiger partial charge on any atom is -0.347 e. The zero-order valence-corrected chi connectivity index (χ0v) is 15.2. The van der Waals surface area contributed by atoms with E-state index in [1.807, 2.05) is 24.3 Å². The molecule has 2 aromatic rings. The lowest BCUT2D eigenvalue weighted by atomic mass is 10.2. The Hall–Kier alpha value is -2.12. The molecule has 6 nitrogen and oxygen atoms in total. The molecule has 1 aromatic carbocycles. The second kappa shape index (κ2) is 7.63. The van der Waals surface area contributed by atoms with Crippen molar-refractivity contribution >= 4 is 50.7 Å². The van der Waals surface area contributed by atoms with Crippen LogP contribution in [0.2, 0.25) is 5.02 Å². The third-order valence-corrected chi connectivity index (χ3v) is 5.11. The SMILES string of the molecule is CN(C)C(=O)CN(C)C(=O)CNC(=O)c1sc2ccccc2c1Cl. The summed E-state index contributed by atoms with van der Waals surface area (Å²) in [5, 5.41) is 3.75. The van der Waals surface area contributed by atoms with Crippen LogP contribution in [0.4, 0.5) is 0 Å². The van der Waals surface area contributed by atoms with Crippen molar-refractivity contribution in [3.63, 3.8) is 0 Å². The second-order valence-corrected chi connectivity index (χ2v) is 6.89. The van der Waals surface area contributed by atoms with Crippen LogP contribution in [0.1, 0.15) is 9.67 Å². The third kappa shape index (κ3) is 4.04. The van der Waals surface area contributed by atoms with Crippen molar-refractivity contribution in [3.05, 3.63) is 34.2 Å². The Morgan fingerprint density at radius 1 is 1.12 bits per heavy atom. The van der Waals surface area contributed by atoms with Gasteiger partial charge in [0.15, 0.2) is 0 Å². The average Bonchev–Trinajstić information content (AvgIpc) is 2.89. The van der Waals surface area contributed by atoms with Crippen LogP contribution in [0.25, 0.3) is 10.1 Å². The van der Waals surface area contributed by atoms with Crippen LogP contribution >= 0.6 is 22.9 Å². The van der Waals surface area contributed by atoms with Crippen LogP contribution in [-0.4, -0.2) is 61.8 Å². The largest absolute Gasteiger partial charge is 0.347 e. The van der Waals surface area contributed by atoms with Gasteiger partial charge in [0.2, 0.25) is 11.8 Å². The Labute approximate surface area is 149 Å².